The van der Waals surface area contributed by atoms with E-state index in [1.807, 2.05) is 6.07 Å². The third-order valence-corrected chi connectivity index (χ3v) is 3.89. The Labute approximate surface area is 135 Å². The minimum absolute atomic E-state index is 0. The number of carbonyl (C=O) groups is 1. The van der Waals surface area contributed by atoms with E-state index in [9.17, 15) is 4.79 Å². The van der Waals surface area contributed by atoms with Gasteiger partial charge in [-0.05, 0) is 43.5 Å². The minimum atomic E-state index is 0. The van der Waals surface area contributed by atoms with Crippen LogP contribution in [-0.2, 0) is 11.2 Å². The minimum Gasteiger partial charge on any atom is -0.352 e. The van der Waals surface area contributed by atoms with Crippen LogP contribution in [0.2, 0.25) is 10.0 Å². The molecule has 1 saturated heterocycles. The Morgan fingerprint density at radius 2 is 2.20 bits per heavy atom. The molecular formula is C14H19Cl3N2O. The van der Waals surface area contributed by atoms with Gasteiger partial charge in [0.25, 0.3) is 0 Å². The van der Waals surface area contributed by atoms with Gasteiger partial charge >= 0.3 is 0 Å². The molecule has 2 N–H and O–H groups in total. The summed E-state index contributed by atoms with van der Waals surface area (Å²) in [5, 5.41) is 7.57. The maximum Gasteiger partial charge on any atom is 0.220 e. The summed E-state index contributed by atoms with van der Waals surface area (Å²) in [4.78, 5) is 11.9. The van der Waals surface area contributed by atoms with Gasteiger partial charge < -0.3 is 10.6 Å². The lowest BCUT2D eigenvalue weighted by atomic mass is 10.1. The van der Waals surface area contributed by atoms with Gasteiger partial charge in [-0.1, -0.05) is 29.3 Å². The second kappa shape index (κ2) is 8.73. The summed E-state index contributed by atoms with van der Waals surface area (Å²) in [5.41, 5.74) is 0.961. The van der Waals surface area contributed by atoms with Crippen molar-refractivity contribution in [2.45, 2.75) is 31.7 Å². The van der Waals surface area contributed by atoms with Crippen molar-refractivity contribution >= 4 is 41.5 Å². The summed E-state index contributed by atoms with van der Waals surface area (Å²) < 4.78 is 0. The van der Waals surface area contributed by atoms with Crippen LogP contribution in [0.5, 0.6) is 0 Å². The molecule has 1 fully saturated rings. The molecule has 1 aliphatic rings. The van der Waals surface area contributed by atoms with Gasteiger partial charge in [0.15, 0.2) is 0 Å². The first-order valence-electron chi connectivity index (χ1n) is 6.59. The number of nitrogens with one attached hydrogen (secondary N) is 2. The van der Waals surface area contributed by atoms with Gasteiger partial charge in [0, 0.05) is 29.1 Å². The molecular weight excluding hydrogens is 319 g/mol. The first kappa shape index (κ1) is 17.6. The smallest absolute Gasteiger partial charge is 0.220 e. The number of benzene rings is 1. The zero-order valence-electron chi connectivity index (χ0n) is 11.1. The van der Waals surface area contributed by atoms with Crippen molar-refractivity contribution < 1.29 is 4.79 Å². The SMILES string of the molecule is Cl.O=C(CCc1ccc(Cl)cc1Cl)N[C@H]1CCCNC1. The van der Waals surface area contributed by atoms with Gasteiger partial charge in [0.05, 0.1) is 0 Å². The van der Waals surface area contributed by atoms with Crippen molar-refractivity contribution in [2.24, 2.45) is 0 Å². The Kier molecular flexibility index (Phi) is 7.67. The number of rotatable bonds is 4. The third-order valence-electron chi connectivity index (χ3n) is 3.30. The highest BCUT2D eigenvalue weighted by Gasteiger charge is 2.15. The second-order valence-electron chi connectivity index (χ2n) is 4.85. The van der Waals surface area contributed by atoms with Crippen molar-refractivity contribution in [1.82, 2.24) is 10.6 Å². The van der Waals surface area contributed by atoms with Crippen LogP contribution in [-0.4, -0.2) is 25.0 Å². The topological polar surface area (TPSA) is 41.1 Å². The Bertz CT molecular complexity index is 448. The molecule has 6 heteroatoms. The zero-order valence-corrected chi connectivity index (χ0v) is 13.5. The van der Waals surface area contributed by atoms with Gasteiger partial charge in [-0.3, -0.25) is 4.79 Å². The van der Waals surface area contributed by atoms with E-state index in [1.165, 1.54) is 0 Å². The lowest BCUT2D eigenvalue weighted by molar-refractivity contribution is -0.121. The highest BCUT2D eigenvalue weighted by Crippen LogP contribution is 2.22. The van der Waals surface area contributed by atoms with Crippen LogP contribution in [0, 0.1) is 0 Å². The number of piperidine rings is 1. The van der Waals surface area contributed by atoms with Crippen LogP contribution in [0.15, 0.2) is 18.2 Å². The van der Waals surface area contributed by atoms with Crippen LogP contribution in [0.4, 0.5) is 0 Å². The van der Waals surface area contributed by atoms with E-state index in [0.717, 1.165) is 31.5 Å². The largest absolute Gasteiger partial charge is 0.352 e. The van der Waals surface area contributed by atoms with E-state index in [1.54, 1.807) is 12.1 Å². The Hall–Kier alpha value is -0.480. The molecule has 0 unspecified atom stereocenters. The molecule has 0 spiro atoms. The number of aryl methyl sites for hydroxylation is 1. The standard InChI is InChI=1S/C14H18Cl2N2O.ClH/c15-11-5-3-10(13(16)8-11)4-6-14(19)18-12-2-1-7-17-9-12;/h3,5,8,12,17H,1-2,4,6-7,9H2,(H,18,19);1H/t12-;/m0./s1. The molecule has 0 radical (unpaired) electrons. The normalized spacial score (nSPS) is 18.2. The van der Waals surface area contributed by atoms with Crippen molar-refractivity contribution in [3.8, 4) is 0 Å². The number of halogens is 3. The van der Waals surface area contributed by atoms with Crippen molar-refractivity contribution in [1.29, 1.82) is 0 Å². The molecule has 1 heterocycles. The summed E-state index contributed by atoms with van der Waals surface area (Å²) >= 11 is 11.9. The van der Waals surface area contributed by atoms with Crippen molar-refractivity contribution in [3.63, 3.8) is 0 Å². The molecule has 0 bridgehead atoms. The van der Waals surface area contributed by atoms with Gasteiger partial charge in [-0.15, -0.1) is 12.4 Å². The monoisotopic (exact) mass is 336 g/mol. The molecule has 1 aromatic rings. The fraction of sp³-hybridized carbons (Fsp3) is 0.500. The Balaban J connectivity index is 0.00000200. The van der Waals surface area contributed by atoms with Crippen molar-refractivity contribution in [3.05, 3.63) is 33.8 Å². The molecule has 0 saturated carbocycles. The van der Waals surface area contributed by atoms with E-state index in [4.69, 9.17) is 23.2 Å². The summed E-state index contributed by atoms with van der Waals surface area (Å²) in [6.45, 7) is 1.92. The summed E-state index contributed by atoms with van der Waals surface area (Å²) in [7, 11) is 0. The fourth-order valence-electron chi connectivity index (χ4n) is 2.25. The zero-order chi connectivity index (χ0) is 13.7. The molecule has 0 aromatic heterocycles. The Morgan fingerprint density at radius 3 is 2.85 bits per heavy atom. The van der Waals surface area contributed by atoms with Gasteiger partial charge in [-0.2, -0.15) is 0 Å². The van der Waals surface area contributed by atoms with E-state index in [0.29, 0.717) is 22.9 Å². The number of hydrogen-bond acceptors (Lipinski definition) is 2. The summed E-state index contributed by atoms with van der Waals surface area (Å²) in [5.74, 6) is 0.0831. The lowest BCUT2D eigenvalue weighted by Crippen LogP contribution is -2.45. The molecule has 1 atom stereocenters. The van der Waals surface area contributed by atoms with E-state index < -0.39 is 0 Å². The molecule has 3 nitrogen and oxygen atoms in total. The number of carbonyl (C=O) groups excluding carboxylic acids is 1. The van der Waals surface area contributed by atoms with Crippen LogP contribution in [0.3, 0.4) is 0 Å². The third kappa shape index (κ3) is 5.49. The van der Waals surface area contributed by atoms with Crippen LogP contribution < -0.4 is 10.6 Å². The molecule has 20 heavy (non-hydrogen) atoms. The maximum atomic E-state index is 11.9. The second-order valence-corrected chi connectivity index (χ2v) is 5.69. The maximum absolute atomic E-state index is 11.9. The van der Waals surface area contributed by atoms with Gasteiger partial charge in [0.2, 0.25) is 5.91 Å². The van der Waals surface area contributed by atoms with E-state index >= 15 is 0 Å². The molecule has 0 aliphatic carbocycles. The predicted octanol–water partition coefficient (Wildman–Crippen LogP) is 3.22. The Morgan fingerprint density at radius 1 is 1.40 bits per heavy atom. The first-order chi connectivity index (χ1) is 9.15. The first-order valence-corrected chi connectivity index (χ1v) is 7.35. The van der Waals surface area contributed by atoms with Gasteiger partial charge in [0.1, 0.15) is 0 Å². The summed E-state index contributed by atoms with van der Waals surface area (Å²) in [6.07, 6.45) is 3.27. The van der Waals surface area contributed by atoms with Crippen LogP contribution >= 0.6 is 35.6 Å². The molecule has 1 aromatic carbocycles. The quantitative estimate of drug-likeness (QED) is 0.886. The average molecular weight is 338 g/mol. The summed E-state index contributed by atoms with van der Waals surface area (Å²) in [6, 6.07) is 5.65. The molecule has 112 valence electrons. The molecule has 1 aliphatic heterocycles. The van der Waals surface area contributed by atoms with Gasteiger partial charge in [-0.25, -0.2) is 0 Å². The number of amides is 1. The predicted molar refractivity (Wildman–Crippen MR) is 86.1 cm³/mol. The average Bonchev–Trinajstić information content (AvgIpc) is 2.39. The van der Waals surface area contributed by atoms with Crippen LogP contribution in [0.25, 0.3) is 0 Å². The molecule has 1 amide bonds. The fourth-order valence-corrected chi connectivity index (χ4v) is 2.75. The highest BCUT2D eigenvalue weighted by atomic mass is 35.5. The lowest BCUT2D eigenvalue weighted by Gasteiger charge is -2.23. The highest BCUT2D eigenvalue weighted by molar-refractivity contribution is 6.35. The molecule has 2 rings (SSSR count). The number of hydrogen-bond donors (Lipinski definition) is 2. The van der Waals surface area contributed by atoms with Crippen molar-refractivity contribution in [2.75, 3.05) is 13.1 Å². The van der Waals surface area contributed by atoms with E-state index in [-0.39, 0.29) is 24.4 Å². The van der Waals surface area contributed by atoms with Crippen LogP contribution in [0.1, 0.15) is 24.8 Å². The van der Waals surface area contributed by atoms with E-state index in [2.05, 4.69) is 10.6 Å².